The van der Waals surface area contributed by atoms with E-state index >= 15 is 0 Å². The third-order valence-corrected chi connectivity index (χ3v) is 2.71. The molecule has 0 saturated heterocycles. The van der Waals surface area contributed by atoms with Gasteiger partial charge in [0, 0.05) is 0 Å². The van der Waals surface area contributed by atoms with E-state index in [4.69, 9.17) is 0 Å². The molecule has 0 bridgehead atoms. The van der Waals surface area contributed by atoms with Crippen LogP contribution in [0.1, 0.15) is 11.6 Å². The number of nitrogens with one attached hydrogen (secondary N) is 2. The molecule has 0 unspecified atom stereocenters. The lowest BCUT2D eigenvalue weighted by Crippen LogP contribution is -2.07. The van der Waals surface area contributed by atoms with Gasteiger partial charge in [-0.3, -0.25) is 10.2 Å². The summed E-state index contributed by atoms with van der Waals surface area (Å²) in [6.45, 7) is 0. The summed E-state index contributed by atoms with van der Waals surface area (Å²) in [7, 11) is 0. The Morgan fingerprint density at radius 1 is 0.667 bits per heavy atom. The maximum atomic E-state index is 12.5. The Hall–Kier alpha value is -2.99. The standard InChI is InChI=1S/C11H5F6N7/c12-10(13,14)8-19-6(21-23-8)4-2-1-3-5(18-4)7-20-9(24-22-7)11(15,16)17/h1-3H,(H,19,21,23)(H,20,22,24). The van der Waals surface area contributed by atoms with Crippen LogP contribution in [0.5, 0.6) is 0 Å². The van der Waals surface area contributed by atoms with Crippen molar-refractivity contribution in [3.8, 4) is 23.0 Å². The number of aromatic nitrogens is 7. The minimum absolute atomic E-state index is 0.0551. The summed E-state index contributed by atoms with van der Waals surface area (Å²) in [6, 6.07) is 3.99. The Morgan fingerprint density at radius 3 is 1.42 bits per heavy atom. The van der Waals surface area contributed by atoms with Gasteiger partial charge in [-0.15, -0.1) is 10.2 Å². The molecular weight excluding hydrogens is 344 g/mol. The van der Waals surface area contributed by atoms with Crippen LogP contribution in [0, 0.1) is 0 Å². The van der Waals surface area contributed by atoms with E-state index in [0.29, 0.717) is 0 Å². The zero-order chi connectivity index (χ0) is 17.5. The highest BCUT2D eigenvalue weighted by Crippen LogP contribution is 2.29. The molecule has 126 valence electrons. The van der Waals surface area contributed by atoms with Gasteiger partial charge in [-0.1, -0.05) is 6.07 Å². The van der Waals surface area contributed by atoms with E-state index in [2.05, 4.69) is 35.3 Å². The van der Waals surface area contributed by atoms with Crippen LogP contribution >= 0.6 is 0 Å². The first-order valence-corrected chi connectivity index (χ1v) is 6.11. The van der Waals surface area contributed by atoms with Crippen molar-refractivity contribution in [1.82, 2.24) is 35.3 Å². The Morgan fingerprint density at radius 2 is 1.08 bits per heavy atom. The van der Waals surface area contributed by atoms with Crippen LogP contribution in [0.15, 0.2) is 18.2 Å². The van der Waals surface area contributed by atoms with E-state index in [0.717, 1.165) is 0 Å². The van der Waals surface area contributed by atoms with Crippen molar-refractivity contribution in [1.29, 1.82) is 0 Å². The van der Waals surface area contributed by atoms with Gasteiger partial charge >= 0.3 is 12.4 Å². The van der Waals surface area contributed by atoms with Crippen molar-refractivity contribution < 1.29 is 26.3 Å². The third-order valence-electron chi connectivity index (χ3n) is 2.71. The number of nitrogens with zero attached hydrogens (tertiary/aromatic N) is 5. The van der Waals surface area contributed by atoms with Crippen molar-refractivity contribution in [2.45, 2.75) is 12.4 Å². The van der Waals surface area contributed by atoms with E-state index in [9.17, 15) is 26.3 Å². The van der Waals surface area contributed by atoms with Crippen LogP contribution in [0.3, 0.4) is 0 Å². The highest BCUT2D eigenvalue weighted by molar-refractivity contribution is 5.57. The molecule has 0 radical (unpaired) electrons. The zero-order valence-electron chi connectivity index (χ0n) is 11.2. The first-order chi connectivity index (χ1) is 11.1. The van der Waals surface area contributed by atoms with Gasteiger partial charge in [0.2, 0.25) is 0 Å². The monoisotopic (exact) mass is 349 g/mol. The van der Waals surface area contributed by atoms with Gasteiger partial charge in [-0.25, -0.2) is 15.0 Å². The first kappa shape index (κ1) is 15.9. The number of alkyl halides is 6. The maximum Gasteiger partial charge on any atom is 0.453 e. The minimum atomic E-state index is -4.74. The molecule has 7 nitrogen and oxygen atoms in total. The van der Waals surface area contributed by atoms with Crippen LogP contribution in [-0.4, -0.2) is 35.3 Å². The highest BCUT2D eigenvalue weighted by Gasteiger charge is 2.37. The molecule has 0 spiro atoms. The largest absolute Gasteiger partial charge is 0.453 e. The van der Waals surface area contributed by atoms with Gasteiger partial charge < -0.3 is 0 Å². The van der Waals surface area contributed by atoms with Gasteiger partial charge in [0.15, 0.2) is 11.6 Å². The summed E-state index contributed by atoms with van der Waals surface area (Å²) in [4.78, 5) is 10.4. The SMILES string of the molecule is FC(F)(F)c1n[nH]c(-c2cccc(-c3nc(C(F)(F)F)n[nH]3)n2)n1. The van der Waals surface area contributed by atoms with Crippen LogP contribution in [0.25, 0.3) is 23.0 Å². The quantitative estimate of drug-likeness (QED) is 0.694. The minimum Gasteiger partial charge on any atom is -0.257 e. The molecule has 0 aliphatic rings. The molecule has 13 heteroatoms. The number of hydrogen-bond donors (Lipinski definition) is 2. The lowest BCUT2D eigenvalue weighted by atomic mass is 10.3. The molecular formula is C11H5F6N7. The van der Waals surface area contributed by atoms with Gasteiger partial charge in [0.1, 0.15) is 11.4 Å². The average Bonchev–Trinajstić information content (AvgIpc) is 3.16. The second-order valence-electron chi connectivity index (χ2n) is 4.42. The number of rotatable bonds is 2. The van der Waals surface area contributed by atoms with Crippen LogP contribution in [0.4, 0.5) is 26.3 Å². The molecule has 2 N–H and O–H groups in total. The molecule has 0 saturated carbocycles. The van der Waals surface area contributed by atoms with Crippen LogP contribution in [0.2, 0.25) is 0 Å². The molecule has 24 heavy (non-hydrogen) atoms. The molecule has 3 rings (SSSR count). The molecule has 3 aromatic heterocycles. The van der Waals surface area contributed by atoms with Gasteiger partial charge in [0.25, 0.3) is 11.6 Å². The van der Waals surface area contributed by atoms with E-state index in [1.807, 2.05) is 0 Å². The highest BCUT2D eigenvalue weighted by atomic mass is 19.4. The summed E-state index contributed by atoms with van der Waals surface area (Å²) in [5.74, 6) is -3.35. The number of hydrogen-bond acceptors (Lipinski definition) is 5. The molecule has 0 fully saturated rings. The van der Waals surface area contributed by atoms with Crippen molar-refractivity contribution in [2.75, 3.05) is 0 Å². The molecule has 0 aromatic carbocycles. The van der Waals surface area contributed by atoms with Crippen LogP contribution in [-0.2, 0) is 12.4 Å². The number of aromatic amines is 2. The topological polar surface area (TPSA) is 96.0 Å². The van der Waals surface area contributed by atoms with Gasteiger partial charge in [0.05, 0.1) is 0 Å². The number of H-pyrrole nitrogens is 2. The first-order valence-electron chi connectivity index (χ1n) is 6.11. The Kier molecular flexibility index (Phi) is 3.50. The summed E-state index contributed by atoms with van der Waals surface area (Å²) >= 11 is 0. The lowest BCUT2D eigenvalue weighted by Gasteiger charge is -2.00. The Bertz CT molecular complexity index is 795. The van der Waals surface area contributed by atoms with Gasteiger partial charge in [-0.05, 0) is 12.1 Å². The second-order valence-corrected chi connectivity index (χ2v) is 4.42. The fourth-order valence-electron chi connectivity index (χ4n) is 1.70. The molecule has 0 aliphatic heterocycles. The van der Waals surface area contributed by atoms with Crippen molar-refractivity contribution in [3.63, 3.8) is 0 Å². The molecule has 3 heterocycles. The van der Waals surface area contributed by atoms with E-state index in [1.54, 1.807) is 0 Å². The normalized spacial score (nSPS) is 12.6. The summed E-state index contributed by atoms with van der Waals surface area (Å²) < 4.78 is 74.9. The average molecular weight is 349 g/mol. The fraction of sp³-hybridized carbons (Fsp3) is 0.182. The van der Waals surface area contributed by atoms with Gasteiger partial charge in [-0.2, -0.15) is 26.3 Å². The van der Waals surface area contributed by atoms with Crippen molar-refractivity contribution in [3.05, 3.63) is 29.8 Å². The fourth-order valence-corrected chi connectivity index (χ4v) is 1.70. The predicted octanol–water partition coefficient (Wildman–Crippen LogP) is 2.69. The van der Waals surface area contributed by atoms with Crippen LogP contribution < -0.4 is 0 Å². The van der Waals surface area contributed by atoms with E-state index in [1.165, 1.54) is 18.2 Å². The summed E-state index contributed by atoms with van der Waals surface area (Å²) in [6.07, 6.45) is -9.47. The smallest absolute Gasteiger partial charge is 0.257 e. The Labute approximate surface area is 128 Å². The molecule has 0 amide bonds. The van der Waals surface area contributed by atoms with Crippen molar-refractivity contribution >= 4 is 0 Å². The zero-order valence-corrected chi connectivity index (χ0v) is 11.2. The predicted molar refractivity (Wildman–Crippen MR) is 65.0 cm³/mol. The third kappa shape index (κ3) is 3.04. The molecule has 0 aliphatic carbocycles. The number of pyridine rings is 1. The summed E-state index contributed by atoms with van der Waals surface area (Å²) in [5, 5.41) is 10.2. The summed E-state index contributed by atoms with van der Waals surface area (Å²) in [5.41, 5.74) is -0.110. The Balaban J connectivity index is 1.95. The lowest BCUT2D eigenvalue weighted by molar-refractivity contribution is -0.145. The van der Waals surface area contributed by atoms with Crippen molar-refractivity contribution in [2.24, 2.45) is 0 Å². The molecule has 0 atom stereocenters. The number of halogens is 6. The van der Waals surface area contributed by atoms with E-state index in [-0.39, 0.29) is 23.0 Å². The molecule has 3 aromatic rings. The second kappa shape index (κ2) is 5.28. The van der Waals surface area contributed by atoms with E-state index < -0.39 is 24.0 Å². The maximum absolute atomic E-state index is 12.5.